The number of rotatable bonds is 3. The highest BCUT2D eigenvalue weighted by Crippen LogP contribution is 2.34. The summed E-state index contributed by atoms with van der Waals surface area (Å²) in [7, 11) is 0. The zero-order valence-electron chi connectivity index (χ0n) is 14.4. The Morgan fingerprint density at radius 1 is 0.720 bits per heavy atom. The summed E-state index contributed by atoms with van der Waals surface area (Å²) < 4.78 is 6.13. The first-order valence-electron chi connectivity index (χ1n) is 8.40. The van der Waals surface area contributed by atoms with E-state index in [1.165, 1.54) is 11.1 Å². The summed E-state index contributed by atoms with van der Waals surface area (Å²) >= 11 is 0. The van der Waals surface area contributed by atoms with Crippen LogP contribution in [0, 0.1) is 13.8 Å². The van der Waals surface area contributed by atoms with Gasteiger partial charge in [-0.2, -0.15) is 0 Å². The third-order valence-electron chi connectivity index (χ3n) is 4.40. The molecule has 2 heteroatoms. The van der Waals surface area contributed by atoms with E-state index in [-0.39, 0.29) is 0 Å². The summed E-state index contributed by atoms with van der Waals surface area (Å²) in [5.41, 5.74) is 6.81. The minimum Gasteiger partial charge on any atom is -0.436 e. The normalized spacial score (nSPS) is 10.8. The molecule has 1 aromatic heterocycles. The van der Waals surface area contributed by atoms with Crippen LogP contribution in [0.1, 0.15) is 11.1 Å². The fraction of sp³-hybridized carbons (Fsp3) is 0.0870. The molecule has 0 unspecified atom stereocenters. The SMILES string of the molecule is Cc1ccc(-c2cnc(-c3ccccc3-c3ccccc3)o2)c(C)c1. The van der Waals surface area contributed by atoms with Crippen LogP contribution < -0.4 is 0 Å². The van der Waals surface area contributed by atoms with E-state index in [4.69, 9.17) is 4.42 Å². The molecule has 1 heterocycles. The van der Waals surface area contributed by atoms with Crippen LogP contribution in [0.15, 0.2) is 83.4 Å². The fourth-order valence-electron chi connectivity index (χ4n) is 3.15. The number of aryl methyl sites for hydroxylation is 2. The quantitative estimate of drug-likeness (QED) is 0.442. The summed E-state index contributed by atoms with van der Waals surface area (Å²) in [4.78, 5) is 4.55. The number of hydrogen-bond acceptors (Lipinski definition) is 2. The fourth-order valence-corrected chi connectivity index (χ4v) is 3.15. The molecule has 2 nitrogen and oxygen atoms in total. The molecule has 0 atom stereocenters. The molecule has 4 rings (SSSR count). The summed E-state index contributed by atoms with van der Waals surface area (Å²) in [6.45, 7) is 4.20. The lowest BCUT2D eigenvalue weighted by atomic mass is 10.00. The first kappa shape index (κ1) is 15.4. The second kappa shape index (κ2) is 6.40. The second-order valence-corrected chi connectivity index (χ2v) is 6.26. The molecule has 0 fully saturated rings. The van der Waals surface area contributed by atoms with Gasteiger partial charge < -0.3 is 4.42 Å². The van der Waals surface area contributed by atoms with Gasteiger partial charge in [0.05, 0.1) is 6.20 Å². The standard InChI is InChI=1S/C23H19NO/c1-16-12-13-19(17(2)14-16)22-15-24-23(25-22)21-11-7-6-10-20(21)18-8-4-3-5-9-18/h3-15H,1-2H3. The van der Waals surface area contributed by atoms with E-state index in [0.717, 1.165) is 28.0 Å². The maximum Gasteiger partial charge on any atom is 0.227 e. The molecule has 0 N–H and O–H groups in total. The van der Waals surface area contributed by atoms with Gasteiger partial charge in [0.25, 0.3) is 0 Å². The van der Waals surface area contributed by atoms with Gasteiger partial charge in [0.2, 0.25) is 5.89 Å². The van der Waals surface area contributed by atoms with Crippen molar-refractivity contribution in [1.29, 1.82) is 0 Å². The van der Waals surface area contributed by atoms with E-state index in [0.29, 0.717) is 5.89 Å². The van der Waals surface area contributed by atoms with Gasteiger partial charge in [-0.15, -0.1) is 0 Å². The van der Waals surface area contributed by atoms with Crippen molar-refractivity contribution in [2.75, 3.05) is 0 Å². The lowest BCUT2D eigenvalue weighted by molar-refractivity contribution is 0.588. The first-order valence-corrected chi connectivity index (χ1v) is 8.40. The number of aromatic nitrogens is 1. The van der Waals surface area contributed by atoms with Gasteiger partial charge in [0.1, 0.15) is 0 Å². The lowest BCUT2D eigenvalue weighted by Crippen LogP contribution is -1.84. The predicted octanol–water partition coefficient (Wildman–Crippen LogP) is 6.29. The molecular weight excluding hydrogens is 306 g/mol. The van der Waals surface area contributed by atoms with E-state index in [2.05, 4.69) is 61.3 Å². The van der Waals surface area contributed by atoms with Crippen LogP contribution in [0.5, 0.6) is 0 Å². The van der Waals surface area contributed by atoms with Gasteiger partial charge in [0, 0.05) is 11.1 Å². The average Bonchev–Trinajstić information content (AvgIpc) is 3.12. The molecule has 0 radical (unpaired) electrons. The van der Waals surface area contributed by atoms with Crippen LogP contribution >= 0.6 is 0 Å². The smallest absolute Gasteiger partial charge is 0.227 e. The zero-order chi connectivity index (χ0) is 17.2. The van der Waals surface area contributed by atoms with E-state index < -0.39 is 0 Å². The van der Waals surface area contributed by atoms with Crippen molar-refractivity contribution >= 4 is 0 Å². The summed E-state index contributed by atoms with van der Waals surface area (Å²) in [5, 5.41) is 0. The molecule has 0 aliphatic carbocycles. The molecule has 25 heavy (non-hydrogen) atoms. The molecule has 4 aromatic rings. The molecule has 0 aliphatic heterocycles. The van der Waals surface area contributed by atoms with Crippen molar-refractivity contribution in [3.05, 3.63) is 90.1 Å². The van der Waals surface area contributed by atoms with E-state index >= 15 is 0 Å². The van der Waals surface area contributed by atoms with Gasteiger partial charge in [-0.25, -0.2) is 4.98 Å². The van der Waals surface area contributed by atoms with E-state index in [1.807, 2.05) is 36.5 Å². The molecular formula is C23H19NO. The molecule has 0 bridgehead atoms. The third kappa shape index (κ3) is 2.99. The highest BCUT2D eigenvalue weighted by atomic mass is 16.4. The molecule has 122 valence electrons. The number of nitrogens with zero attached hydrogens (tertiary/aromatic N) is 1. The van der Waals surface area contributed by atoms with Gasteiger partial charge in [-0.05, 0) is 36.6 Å². The largest absolute Gasteiger partial charge is 0.436 e. The summed E-state index contributed by atoms with van der Waals surface area (Å²) in [5.74, 6) is 1.45. The minimum atomic E-state index is 0.648. The van der Waals surface area contributed by atoms with Gasteiger partial charge in [-0.3, -0.25) is 0 Å². The Hall–Kier alpha value is -3.13. The Balaban J connectivity index is 1.79. The summed E-state index contributed by atoms with van der Waals surface area (Å²) in [6, 6.07) is 24.9. The van der Waals surface area contributed by atoms with Crippen LogP contribution in [-0.2, 0) is 0 Å². The maximum atomic E-state index is 6.13. The van der Waals surface area contributed by atoms with Crippen molar-refractivity contribution in [1.82, 2.24) is 4.98 Å². The third-order valence-corrected chi connectivity index (χ3v) is 4.40. The molecule has 0 amide bonds. The summed E-state index contributed by atoms with van der Waals surface area (Å²) in [6.07, 6.45) is 1.81. The van der Waals surface area contributed by atoms with Crippen molar-refractivity contribution in [2.24, 2.45) is 0 Å². The Kier molecular flexibility index (Phi) is 3.95. The van der Waals surface area contributed by atoms with Crippen LogP contribution in [0.2, 0.25) is 0 Å². The Labute approximate surface area is 147 Å². The van der Waals surface area contributed by atoms with Crippen LogP contribution in [0.25, 0.3) is 33.9 Å². The number of benzene rings is 3. The highest BCUT2D eigenvalue weighted by molar-refractivity contribution is 5.80. The molecule has 0 aliphatic rings. The van der Waals surface area contributed by atoms with Crippen molar-refractivity contribution in [2.45, 2.75) is 13.8 Å². The van der Waals surface area contributed by atoms with Gasteiger partial charge in [0.15, 0.2) is 5.76 Å². The van der Waals surface area contributed by atoms with Crippen LogP contribution in [-0.4, -0.2) is 4.98 Å². The van der Waals surface area contributed by atoms with Crippen LogP contribution in [0.4, 0.5) is 0 Å². The number of oxazole rings is 1. The average molecular weight is 325 g/mol. The van der Waals surface area contributed by atoms with Crippen molar-refractivity contribution in [3.63, 3.8) is 0 Å². The first-order chi connectivity index (χ1) is 12.2. The monoisotopic (exact) mass is 325 g/mol. The Morgan fingerprint density at radius 3 is 2.20 bits per heavy atom. The van der Waals surface area contributed by atoms with E-state index in [9.17, 15) is 0 Å². The highest BCUT2D eigenvalue weighted by Gasteiger charge is 2.14. The second-order valence-electron chi connectivity index (χ2n) is 6.26. The lowest BCUT2D eigenvalue weighted by Gasteiger charge is -2.07. The molecule has 0 spiro atoms. The predicted molar refractivity (Wildman–Crippen MR) is 102 cm³/mol. The van der Waals surface area contributed by atoms with E-state index in [1.54, 1.807) is 0 Å². The topological polar surface area (TPSA) is 26.0 Å². The Bertz CT molecular complexity index is 1020. The molecule has 0 saturated carbocycles. The van der Waals surface area contributed by atoms with Crippen LogP contribution in [0.3, 0.4) is 0 Å². The molecule has 3 aromatic carbocycles. The number of hydrogen-bond donors (Lipinski definition) is 0. The Morgan fingerprint density at radius 2 is 1.44 bits per heavy atom. The van der Waals surface area contributed by atoms with Crippen molar-refractivity contribution < 1.29 is 4.42 Å². The van der Waals surface area contributed by atoms with Gasteiger partial charge in [-0.1, -0.05) is 72.3 Å². The maximum absolute atomic E-state index is 6.13. The van der Waals surface area contributed by atoms with Crippen molar-refractivity contribution in [3.8, 4) is 33.9 Å². The minimum absolute atomic E-state index is 0.648. The molecule has 0 saturated heterocycles. The van der Waals surface area contributed by atoms with Gasteiger partial charge >= 0.3 is 0 Å². The zero-order valence-corrected chi connectivity index (χ0v) is 14.4.